The Balaban J connectivity index is 2.27. The third-order valence-electron chi connectivity index (χ3n) is 5.48. The minimum atomic E-state index is -0.323. The molecule has 3 heteroatoms. The quantitative estimate of drug-likeness (QED) is 0.449. The van der Waals surface area contributed by atoms with Crippen LogP contribution in [-0.4, -0.2) is 17.9 Å². The molecule has 0 radical (unpaired) electrons. The Morgan fingerprint density at radius 3 is 2.55 bits per heavy atom. The van der Waals surface area contributed by atoms with Crippen molar-refractivity contribution in [2.45, 2.75) is 53.1 Å². The lowest BCUT2D eigenvalue weighted by Gasteiger charge is -2.49. The maximum absolute atomic E-state index is 12.3. The molecule has 4 atom stereocenters. The van der Waals surface area contributed by atoms with Gasteiger partial charge in [-0.25, -0.2) is 4.79 Å². The number of fused-ring (bicyclic) bond motifs is 1. The predicted molar refractivity (Wildman–Crippen MR) is 87.2 cm³/mol. The second kappa shape index (κ2) is 5.86. The van der Waals surface area contributed by atoms with Crippen LogP contribution in [0, 0.1) is 17.3 Å². The summed E-state index contributed by atoms with van der Waals surface area (Å²) in [6.45, 7) is 15.5. The van der Waals surface area contributed by atoms with Crippen LogP contribution in [0.15, 0.2) is 36.0 Å². The van der Waals surface area contributed by atoms with Gasteiger partial charge in [-0.05, 0) is 44.6 Å². The Labute approximate surface area is 133 Å². The second-order valence-electron chi connectivity index (χ2n) is 7.14. The molecular formula is C19H26O3. The van der Waals surface area contributed by atoms with Gasteiger partial charge in [0.15, 0.2) is 5.78 Å². The highest BCUT2D eigenvalue weighted by Gasteiger charge is 2.48. The zero-order valence-electron chi connectivity index (χ0n) is 14.1. The van der Waals surface area contributed by atoms with Gasteiger partial charge < -0.3 is 4.74 Å². The molecule has 0 heterocycles. The van der Waals surface area contributed by atoms with Crippen LogP contribution in [0.4, 0.5) is 0 Å². The van der Waals surface area contributed by atoms with Gasteiger partial charge in [-0.1, -0.05) is 38.2 Å². The van der Waals surface area contributed by atoms with Crippen molar-refractivity contribution in [1.82, 2.24) is 0 Å². The number of hydrogen-bond donors (Lipinski definition) is 0. The van der Waals surface area contributed by atoms with E-state index < -0.39 is 0 Å². The average molecular weight is 302 g/mol. The smallest absolute Gasteiger partial charge is 0.333 e. The van der Waals surface area contributed by atoms with E-state index in [1.165, 1.54) is 5.57 Å². The van der Waals surface area contributed by atoms with E-state index in [4.69, 9.17) is 4.74 Å². The minimum absolute atomic E-state index is 0.115. The third kappa shape index (κ3) is 2.81. The van der Waals surface area contributed by atoms with Crippen molar-refractivity contribution in [1.29, 1.82) is 0 Å². The molecule has 4 unspecified atom stereocenters. The number of hydrogen-bond acceptors (Lipinski definition) is 3. The molecule has 120 valence electrons. The first-order chi connectivity index (χ1) is 10.2. The first-order valence-electron chi connectivity index (χ1n) is 7.93. The number of rotatable bonds is 3. The lowest BCUT2D eigenvalue weighted by atomic mass is 9.57. The van der Waals surface area contributed by atoms with Crippen LogP contribution >= 0.6 is 0 Å². The number of ether oxygens (including phenoxy) is 1. The van der Waals surface area contributed by atoms with Gasteiger partial charge in [-0.2, -0.15) is 0 Å². The Bertz CT molecular complexity index is 569. The van der Waals surface area contributed by atoms with Crippen LogP contribution in [0.5, 0.6) is 0 Å². The highest BCUT2D eigenvalue weighted by atomic mass is 16.5. The molecular weight excluding hydrogens is 276 g/mol. The van der Waals surface area contributed by atoms with Crippen LogP contribution in [0.25, 0.3) is 0 Å². The van der Waals surface area contributed by atoms with Crippen molar-refractivity contribution in [3.05, 3.63) is 36.0 Å². The van der Waals surface area contributed by atoms with Crippen molar-refractivity contribution < 1.29 is 14.3 Å². The minimum Gasteiger partial charge on any atom is -0.459 e. The van der Waals surface area contributed by atoms with E-state index in [1.807, 2.05) is 13.0 Å². The molecule has 1 fully saturated rings. The largest absolute Gasteiger partial charge is 0.459 e. The Morgan fingerprint density at radius 1 is 1.36 bits per heavy atom. The molecule has 0 aromatic heterocycles. The highest BCUT2D eigenvalue weighted by Crippen LogP contribution is 2.53. The molecule has 0 N–H and O–H groups in total. The van der Waals surface area contributed by atoms with Gasteiger partial charge in [-0.15, -0.1) is 0 Å². The fourth-order valence-corrected chi connectivity index (χ4v) is 3.70. The van der Waals surface area contributed by atoms with Crippen molar-refractivity contribution in [3.8, 4) is 0 Å². The van der Waals surface area contributed by atoms with Crippen LogP contribution in [0.3, 0.4) is 0 Å². The van der Waals surface area contributed by atoms with Gasteiger partial charge in [0.05, 0.1) is 0 Å². The molecule has 1 saturated carbocycles. The molecule has 0 amide bonds. The first kappa shape index (κ1) is 16.7. The normalized spacial score (nSPS) is 34.5. The molecule has 2 aliphatic rings. The van der Waals surface area contributed by atoms with Crippen LogP contribution < -0.4 is 0 Å². The van der Waals surface area contributed by atoms with E-state index >= 15 is 0 Å². The highest BCUT2D eigenvalue weighted by molar-refractivity contribution is 5.95. The Kier molecular flexibility index (Phi) is 4.46. The molecule has 2 rings (SSSR count). The average Bonchev–Trinajstić information content (AvgIpc) is 2.43. The van der Waals surface area contributed by atoms with Crippen molar-refractivity contribution >= 4 is 11.8 Å². The van der Waals surface area contributed by atoms with E-state index in [-0.39, 0.29) is 35.1 Å². The van der Waals surface area contributed by atoms with Gasteiger partial charge >= 0.3 is 5.97 Å². The first-order valence-corrected chi connectivity index (χ1v) is 7.93. The Hall–Kier alpha value is -1.64. The zero-order chi connectivity index (χ0) is 16.7. The predicted octanol–water partition coefficient (Wildman–Crippen LogP) is 4.00. The monoisotopic (exact) mass is 302 g/mol. The van der Waals surface area contributed by atoms with Gasteiger partial charge in [0, 0.05) is 17.4 Å². The van der Waals surface area contributed by atoms with Gasteiger partial charge in [0.2, 0.25) is 0 Å². The van der Waals surface area contributed by atoms with Crippen molar-refractivity contribution in [2.75, 3.05) is 0 Å². The summed E-state index contributed by atoms with van der Waals surface area (Å²) < 4.78 is 5.63. The van der Waals surface area contributed by atoms with E-state index in [0.29, 0.717) is 5.57 Å². The SMILES string of the molecule is C=C(C)C(=O)OC1CCC2=CC(=O)C(C(=C)C)CC2(C)C1C. The topological polar surface area (TPSA) is 43.4 Å². The van der Waals surface area contributed by atoms with E-state index in [2.05, 4.69) is 27.0 Å². The Morgan fingerprint density at radius 2 is 2.00 bits per heavy atom. The summed E-state index contributed by atoms with van der Waals surface area (Å²) in [6.07, 6.45) is 4.03. The molecule has 0 aromatic carbocycles. The number of esters is 1. The summed E-state index contributed by atoms with van der Waals surface area (Å²) in [5, 5.41) is 0. The molecule has 3 nitrogen and oxygen atoms in total. The molecule has 2 aliphatic carbocycles. The molecule has 0 aliphatic heterocycles. The summed E-state index contributed by atoms with van der Waals surface area (Å²) >= 11 is 0. The molecule has 0 saturated heterocycles. The fraction of sp³-hybridized carbons (Fsp3) is 0.579. The maximum Gasteiger partial charge on any atom is 0.333 e. The fourth-order valence-electron chi connectivity index (χ4n) is 3.70. The van der Waals surface area contributed by atoms with Gasteiger partial charge in [-0.3, -0.25) is 4.79 Å². The summed E-state index contributed by atoms with van der Waals surface area (Å²) in [7, 11) is 0. The lowest BCUT2D eigenvalue weighted by molar-refractivity contribution is -0.151. The number of allylic oxidation sites excluding steroid dienone is 3. The molecule has 22 heavy (non-hydrogen) atoms. The number of ketones is 1. The van der Waals surface area contributed by atoms with E-state index in [0.717, 1.165) is 24.8 Å². The molecule has 0 spiro atoms. The number of carbonyl (C=O) groups is 2. The summed E-state index contributed by atoms with van der Waals surface area (Å²) in [5.74, 6) is -0.0988. The van der Waals surface area contributed by atoms with E-state index in [9.17, 15) is 9.59 Å². The zero-order valence-corrected chi connectivity index (χ0v) is 14.1. The third-order valence-corrected chi connectivity index (χ3v) is 5.48. The summed E-state index contributed by atoms with van der Waals surface area (Å²) in [4.78, 5) is 24.1. The van der Waals surface area contributed by atoms with Crippen LogP contribution in [0.1, 0.15) is 47.0 Å². The maximum atomic E-state index is 12.3. The van der Waals surface area contributed by atoms with Gasteiger partial charge in [0.1, 0.15) is 6.10 Å². The van der Waals surface area contributed by atoms with Crippen molar-refractivity contribution in [3.63, 3.8) is 0 Å². The molecule has 0 bridgehead atoms. The van der Waals surface area contributed by atoms with Crippen LogP contribution in [-0.2, 0) is 14.3 Å². The van der Waals surface area contributed by atoms with Crippen molar-refractivity contribution in [2.24, 2.45) is 17.3 Å². The second-order valence-corrected chi connectivity index (χ2v) is 7.14. The van der Waals surface area contributed by atoms with Crippen LogP contribution in [0.2, 0.25) is 0 Å². The molecule has 0 aromatic rings. The lowest BCUT2D eigenvalue weighted by Crippen LogP contribution is -2.46. The van der Waals surface area contributed by atoms with E-state index in [1.54, 1.807) is 6.92 Å². The van der Waals surface area contributed by atoms with Gasteiger partial charge in [0.25, 0.3) is 0 Å². The summed E-state index contributed by atoms with van der Waals surface area (Å²) in [5.41, 5.74) is 2.42. The summed E-state index contributed by atoms with van der Waals surface area (Å²) in [6, 6.07) is 0. The standard InChI is InChI=1S/C19H26O3/c1-11(2)15-10-19(6)13(5)17(22-18(21)12(3)4)8-7-14(19)9-16(15)20/h9,13,15,17H,1,3,7-8,10H2,2,4-6H3. The number of carbonyl (C=O) groups excluding carboxylic acids is 2.